The van der Waals surface area contributed by atoms with Gasteiger partial charge in [0.1, 0.15) is 0 Å². The predicted molar refractivity (Wildman–Crippen MR) is 123 cm³/mol. The lowest BCUT2D eigenvalue weighted by molar-refractivity contribution is -0.117. The van der Waals surface area contributed by atoms with Gasteiger partial charge in [0.15, 0.2) is 5.16 Å². The van der Waals surface area contributed by atoms with Gasteiger partial charge in [-0.3, -0.25) is 9.59 Å². The zero-order valence-corrected chi connectivity index (χ0v) is 18.1. The molecule has 30 heavy (non-hydrogen) atoms. The van der Waals surface area contributed by atoms with Gasteiger partial charge in [0.2, 0.25) is 5.91 Å². The molecule has 1 aliphatic heterocycles. The van der Waals surface area contributed by atoms with E-state index in [1.54, 1.807) is 24.0 Å². The summed E-state index contributed by atoms with van der Waals surface area (Å²) in [5.74, 6) is 0.794. The van der Waals surface area contributed by atoms with Crippen LogP contribution >= 0.6 is 11.8 Å². The Morgan fingerprint density at radius 1 is 0.967 bits per heavy atom. The van der Waals surface area contributed by atoms with Crippen molar-refractivity contribution in [2.75, 3.05) is 5.75 Å². The van der Waals surface area contributed by atoms with E-state index in [0.29, 0.717) is 17.1 Å². The molecule has 0 atom stereocenters. The average Bonchev–Trinajstić information content (AvgIpc) is 2.75. The summed E-state index contributed by atoms with van der Waals surface area (Å²) >= 11 is 1.60. The minimum absolute atomic E-state index is 0.123. The molecule has 0 saturated carbocycles. The Kier molecular flexibility index (Phi) is 9.09. The van der Waals surface area contributed by atoms with Gasteiger partial charge in [-0.1, -0.05) is 73.4 Å². The maximum Gasteiger partial charge on any atom is 0.255 e. The smallest absolute Gasteiger partial charge is 0.255 e. The van der Waals surface area contributed by atoms with Crippen LogP contribution in [-0.2, 0) is 17.6 Å². The largest absolute Gasteiger partial charge is 0.301 e. The number of allylic oxidation sites excluding steroid dienone is 1. The van der Waals surface area contributed by atoms with Gasteiger partial charge in [-0.05, 0) is 30.9 Å². The molecule has 2 aromatic rings. The number of unbranched alkanes of at least 4 members (excludes halogenated alkanes) is 5. The molecule has 5 nitrogen and oxygen atoms in total. The van der Waals surface area contributed by atoms with Crippen molar-refractivity contribution >= 4 is 23.9 Å². The van der Waals surface area contributed by atoms with Gasteiger partial charge in [-0.2, -0.15) is 0 Å². The number of aromatic nitrogens is 2. The van der Waals surface area contributed by atoms with Crippen LogP contribution in [0.15, 0.2) is 63.1 Å². The fraction of sp³-hybridized carbons (Fsp3) is 0.417. The summed E-state index contributed by atoms with van der Waals surface area (Å²) in [5.41, 5.74) is 2.79. The lowest BCUT2D eigenvalue weighted by Gasteiger charge is -2.07. The predicted octanol–water partition coefficient (Wildman–Crippen LogP) is 4.92. The van der Waals surface area contributed by atoms with Gasteiger partial charge in [0.05, 0.1) is 6.42 Å². The Morgan fingerprint density at radius 2 is 1.73 bits per heavy atom. The summed E-state index contributed by atoms with van der Waals surface area (Å²) in [6, 6.07) is 10.7. The van der Waals surface area contributed by atoms with Gasteiger partial charge >= 0.3 is 0 Å². The van der Waals surface area contributed by atoms with Crippen LogP contribution in [0.2, 0.25) is 0 Å². The first-order valence-corrected chi connectivity index (χ1v) is 11.7. The number of aliphatic imine (C=N–C) groups is 1. The molecule has 158 valence electrons. The quantitative estimate of drug-likeness (QED) is 0.299. The molecule has 1 aromatic heterocycles. The van der Waals surface area contributed by atoms with Gasteiger partial charge in [0, 0.05) is 30.1 Å². The SMILES string of the molecule is O=C1CC(Cc2cnc(SCCCCCCCCc3ccccc3)[nH]c2=O)=CC=N1. The Balaban J connectivity index is 1.27. The molecule has 0 saturated heterocycles. The summed E-state index contributed by atoms with van der Waals surface area (Å²) < 4.78 is 0. The Morgan fingerprint density at radius 3 is 2.50 bits per heavy atom. The van der Waals surface area contributed by atoms with Crippen molar-refractivity contribution < 1.29 is 4.79 Å². The van der Waals surface area contributed by atoms with E-state index in [9.17, 15) is 9.59 Å². The molecule has 1 aliphatic rings. The van der Waals surface area contributed by atoms with Crippen LogP contribution in [0.5, 0.6) is 0 Å². The Labute approximate surface area is 182 Å². The number of benzene rings is 1. The van der Waals surface area contributed by atoms with E-state index in [-0.39, 0.29) is 17.9 Å². The minimum Gasteiger partial charge on any atom is -0.301 e. The number of amides is 1. The first kappa shape index (κ1) is 22.2. The normalized spacial score (nSPS) is 13.5. The number of rotatable bonds is 12. The van der Waals surface area contributed by atoms with E-state index in [2.05, 4.69) is 45.3 Å². The van der Waals surface area contributed by atoms with Crippen LogP contribution in [0.4, 0.5) is 0 Å². The Bertz CT molecular complexity index is 935. The van der Waals surface area contributed by atoms with Crippen LogP contribution in [0.3, 0.4) is 0 Å². The van der Waals surface area contributed by atoms with Crippen molar-refractivity contribution in [3.8, 4) is 0 Å². The lowest BCUT2D eigenvalue weighted by Crippen LogP contribution is -2.16. The van der Waals surface area contributed by atoms with Gasteiger partial charge < -0.3 is 4.98 Å². The van der Waals surface area contributed by atoms with Crippen molar-refractivity contribution in [1.29, 1.82) is 0 Å². The number of aromatic amines is 1. The number of carbonyl (C=O) groups excluding carboxylic acids is 1. The molecule has 0 radical (unpaired) electrons. The lowest BCUT2D eigenvalue weighted by atomic mass is 10.0. The molecule has 6 heteroatoms. The van der Waals surface area contributed by atoms with Crippen LogP contribution in [0.1, 0.15) is 56.1 Å². The third-order valence-corrected chi connectivity index (χ3v) is 6.09. The second kappa shape index (κ2) is 12.3. The number of nitrogens with zero attached hydrogens (tertiary/aromatic N) is 2. The average molecular weight is 424 g/mol. The molecule has 3 rings (SSSR count). The summed E-state index contributed by atoms with van der Waals surface area (Å²) in [6.45, 7) is 0. The van der Waals surface area contributed by atoms with Gasteiger partial charge in [0.25, 0.3) is 5.56 Å². The number of hydrogen-bond acceptors (Lipinski definition) is 4. The van der Waals surface area contributed by atoms with Gasteiger partial charge in [-0.15, -0.1) is 0 Å². The molecule has 2 heterocycles. The van der Waals surface area contributed by atoms with E-state index < -0.39 is 0 Å². The van der Waals surface area contributed by atoms with Crippen LogP contribution in [0, 0.1) is 0 Å². The second-order valence-corrected chi connectivity index (χ2v) is 8.68. The first-order valence-electron chi connectivity index (χ1n) is 10.7. The van der Waals surface area contributed by atoms with Crippen LogP contribution in [0.25, 0.3) is 0 Å². The monoisotopic (exact) mass is 423 g/mol. The standard InChI is InChI=1S/C24H29N3O2S/c28-22-17-20(13-14-25-22)16-21-18-26-24(27-23(21)29)30-15-9-4-2-1-3-6-10-19-11-7-5-8-12-19/h5,7-8,11-14,18H,1-4,6,9-10,15-17H2,(H,26,27,29). The fourth-order valence-corrected chi connectivity index (χ4v) is 4.28. The van der Waals surface area contributed by atoms with Crippen molar-refractivity contribution in [2.45, 2.75) is 62.9 Å². The van der Waals surface area contributed by atoms with Crippen LogP contribution < -0.4 is 5.56 Å². The fourth-order valence-electron chi connectivity index (χ4n) is 3.45. The summed E-state index contributed by atoms with van der Waals surface area (Å²) in [7, 11) is 0. The molecular weight excluding hydrogens is 394 g/mol. The summed E-state index contributed by atoms with van der Waals surface area (Å²) in [6.07, 6.45) is 14.2. The maximum atomic E-state index is 12.3. The number of H-pyrrole nitrogens is 1. The highest BCUT2D eigenvalue weighted by Crippen LogP contribution is 2.17. The molecular formula is C24H29N3O2S. The molecule has 1 N–H and O–H groups in total. The molecule has 1 amide bonds. The van der Waals surface area contributed by atoms with Gasteiger partial charge in [-0.25, -0.2) is 9.98 Å². The van der Waals surface area contributed by atoms with Crippen molar-refractivity contribution in [3.63, 3.8) is 0 Å². The van der Waals surface area contributed by atoms with E-state index in [1.165, 1.54) is 50.3 Å². The highest BCUT2D eigenvalue weighted by Gasteiger charge is 2.11. The topological polar surface area (TPSA) is 75.2 Å². The first-order chi connectivity index (χ1) is 14.7. The molecule has 1 aromatic carbocycles. The Hall–Kier alpha value is -2.47. The molecule has 0 unspecified atom stereocenters. The molecule has 0 bridgehead atoms. The van der Waals surface area contributed by atoms with E-state index >= 15 is 0 Å². The van der Waals surface area contributed by atoms with E-state index in [1.807, 2.05) is 0 Å². The molecule has 0 spiro atoms. The van der Waals surface area contributed by atoms with E-state index in [0.717, 1.165) is 17.7 Å². The van der Waals surface area contributed by atoms with Crippen molar-refractivity contribution in [1.82, 2.24) is 9.97 Å². The summed E-state index contributed by atoms with van der Waals surface area (Å²) in [5, 5.41) is 0.668. The highest BCUT2D eigenvalue weighted by molar-refractivity contribution is 7.99. The molecule has 0 aliphatic carbocycles. The number of dihydropyridines is 1. The maximum absolute atomic E-state index is 12.3. The van der Waals surface area contributed by atoms with Crippen molar-refractivity contribution in [3.05, 3.63) is 69.7 Å². The third-order valence-electron chi connectivity index (χ3n) is 5.12. The third kappa shape index (κ3) is 7.75. The molecule has 0 fully saturated rings. The number of carbonyl (C=O) groups is 1. The van der Waals surface area contributed by atoms with Crippen LogP contribution in [-0.4, -0.2) is 27.8 Å². The summed E-state index contributed by atoms with van der Waals surface area (Å²) in [4.78, 5) is 34.6. The zero-order valence-electron chi connectivity index (χ0n) is 17.3. The number of hydrogen-bond donors (Lipinski definition) is 1. The number of nitrogens with one attached hydrogen (secondary N) is 1. The van der Waals surface area contributed by atoms with Crippen molar-refractivity contribution in [2.24, 2.45) is 4.99 Å². The zero-order chi connectivity index (χ0) is 21.0. The highest BCUT2D eigenvalue weighted by atomic mass is 32.2. The van der Waals surface area contributed by atoms with E-state index in [4.69, 9.17) is 0 Å². The number of aryl methyl sites for hydroxylation is 1. The second-order valence-electron chi connectivity index (χ2n) is 7.60. The number of thioether (sulfide) groups is 1. The minimum atomic E-state index is -0.166.